The third-order valence-electron chi connectivity index (χ3n) is 5.15. The van der Waals surface area contributed by atoms with Gasteiger partial charge >= 0.3 is 5.97 Å². The number of hydrogen-bond donors (Lipinski definition) is 0. The summed E-state index contributed by atoms with van der Waals surface area (Å²) in [6.07, 6.45) is 1.71. The van der Waals surface area contributed by atoms with E-state index in [0.29, 0.717) is 54.3 Å². The van der Waals surface area contributed by atoms with E-state index in [1.54, 1.807) is 24.3 Å². The largest absolute Gasteiger partial charge is 0.871 e. The van der Waals surface area contributed by atoms with Crippen LogP contribution in [0.25, 0.3) is 33.4 Å². The molecule has 0 atom stereocenters. The smallest absolute Gasteiger partial charge is 0.338 e. The molecule has 0 saturated heterocycles. The monoisotopic (exact) mass is 891 g/mol. The number of carbonyl (C=O) groups is 1. The molecule has 0 bridgehead atoms. The number of benzene rings is 3. The molecule has 5 nitrogen and oxygen atoms in total. The normalized spacial score (nSPS) is 11.3. The van der Waals surface area contributed by atoms with Gasteiger partial charge in [-0.25, -0.2) is 4.79 Å². The minimum Gasteiger partial charge on any atom is -0.871 e. The van der Waals surface area contributed by atoms with Crippen molar-refractivity contribution in [3.05, 3.63) is 66.5 Å². The van der Waals surface area contributed by atoms with E-state index in [9.17, 15) is 14.7 Å². The summed E-state index contributed by atoms with van der Waals surface area (Å²) in [5.41, 5.74) is 2.80. The van der Waals surface area contributed by atoms with Crippen LogP contribution in [0, 0.1) is 14.3 Å². The van der Waals surface area contributed by atoms with Crippen LogP contribution in [0.1, 0.15) is 30.1 Å². The predicted molar refractivity (Wildman–Crippen MR) is 160 cm³/mol. The molecule has 0 aromatic heterocycles. The third-order valence-corrected chi connectivity index (χ3v) is 8.71. The highest BCUT2D eigenvalue weighted by molar-refractivity contribution is 14.1. The van der Waals surface area contributed by atoms with Gasteiger partial charge in [-0.05, 0) is 121 Å². The SMILES string of the molecule is CCCCOC(=O)c1ccccc1-c1c2cc(I)c(=O)c(I)c-2oc2c(I)c([O-])c(I)cc12. The van der Waals surface area contributed by atoms with Gasteiger partial charge in [-0.1, -0.05) is 37.3 Å². The lowest BCUT2D eigenvalue weighted by Crippen LogP contribution is -2.13. The Morgan fingerprint density at radius 2 is 1.76 bits per heavy atom. The van der Waals surface area contributed by atoms with E-state index in [1.807, 2.05) is 109 Å². The highest BCUT2D eigenvalue weighted by Crippen LogP contribution is 2.46. The number of fused-ring (bicyclic) bond motifs is 2. The van der Waals surface area contributed by atoms with Crippen LogP contribution in [-0.4, -0.2) is 12.6 Å². The summed E-state index contributed by atoms with van der Waals surface area (Å²) in [5.74, 6) is -0.139. The number of ether oxygens (including phenoxy) is 1. The van der Waals surface area contributed by atoms with Gasteiger partial charge in [0, 0.05) is 23.7 Å². The molecular weight excluding hydrogens is 876 g/mol. The first-order valence-corrected chi connectivity index (χ1v) is 14.3. The molecule has 9 heteroatoms. The van der Waals surface area contributed by atoms with E-state index < -0.39 is 5.97 Å². The zero-order valence-electron chi connectivity index (χ0n) is 17.1. The number of esters is 1. The van der Waals surface area contributed by atoms with Crippen molar-refractivity contribution >= 4 is 107 Å². The summed E-state index contributed by atoms with van der Waals surface area (Å²) >= 11 is 8.00. The van der Waals surface area contributed by atoms with Crippen molar-refractivity contribution < 1.29 is 19.1 Å². The van der Waals surface area contributed by atoms with Crippen LogP contribution in [0.3, 0.4) is 0 Å². The van der Waals surface area contributed by atoms with Gasteiger partial charge in [0.2, 0.25) is 5.43 Å². The van der Waals surface area contributed by atoms with Crippen molar-refractivity contribution in [2.24, 2.45) is 0 Å². The Hall–Kier alpha value is -0.680. The fraction of sp³-hybridized carbons (Fsp3) is 0.167. The van der Waals surface area contributed by atoms with E-state index in [0.717, 1.165) is 18.4 Å². The molecule has 4 rings (SSSR count). The molecule has 0 fully saturated rings. The Balaban J connectivity index is 2.13. The van der Waals surface area contributed by atoms with Crippen LogP contribution in [-0.2, 0) is 4.74 Å². The summed E-state index contributed by atoms with van der Waals surface area (Å²) in [7, 11) is 0. The molecular formula is C24H15I4O5-. The van der Waals surface area contributed by atoms with Crippen LogP contribution >= 0.6 is 90.4 Å². The van der Waals surface area contributed by atoms with Crippen molar-refractivity contribution in [3.8, 4) is 28.2 Å². The van der Waals surface area contributed by atoms with Crippen molar-refractivity contribution in [2.75, 3.05) is 6.61 Å². The molecule has 0 amide bonds. The lowest BCUT2D eigenvalue weighted by molar-refractivity contribution is -0.270. The van der Waals surface area contributed by atoms with Crippen molar-refractivity contribution in [1.82, 2.24) is 0 Å². The lowest BCUT2D eigenvalue weighted by Gasteiger charge is -2.21. The quantitative estimate of drug-likeness (QED) is 0.0934. The van der Waals surface area contributed by atoms with Gasteiger partial charge in [0.1, 0.15) is 9.15 Å². The highest BCUT2D eigenvalue weighted by atomic mass is 127. The maximum atomic E-state index is 13.0. The Labute approximate surface area is 244 Å². The zero-order valence-corrected chi connectivity index (χ0v) is 25.8. The van der Waals surface area contributed by atoms with Gasteiger partial charge in [0.15, 0.2) is 5.76 Å². The van der Waals surface area contributed by atoms with E-state index in [4.69, 9.17) is 9.15 Å². The Morgan fingerprint density at radius 1 is 1.03 bits per heavy atom. The average molecular weight is 891 g/mol. The lowest BCUT2D eigenvalue weighted by atomic mass is 9.91. The molecule has 33 heavy (non-hydrogen) atoms. The van der Waals surface area contributed by atoms with Gasteiger partial charge in [0.25, 0.3) is 0 Å². The molecule has 2 aromatic rings. The Morgan fingerprint density at radius 3 is 2.48 bits per heavy atom. The minimum absolute atomic E-state index is 0.132. The standard InChI is InChI=1S/C24H16I4O5/c1-2-3-8-32-24(31)12-7-5-4-6-11(12)17-13-9-15(25)20(29)18(27)22(13)33-23-14(17)10-16(26)21(30)19(23)28/h4-7,9-10,29H,2-3,8H2,1H3/p-1. The molecule has 0 radical (unpaired) electrons. The van der Waals surface area contributed by atoms with E-state index in [1.165, 1.54) is 0 Å². The minimum atomic E-state index is -0.407. The van der Waals surface area contributed by atoms with Gasteiger partial charge in [-0.2, -0.15) is 0 Å². The average Bonchev–Trinajstić information content (AvgIpc) is 2.80. The van der Waals surface area contributed by atoms with Gasteiger partial charge in [-0.3, -0.25) is 4.79 Å². The Bertz CT molecular complexity index is 1430. The number of unbranched alkanes of at least 4 members (excludes halogenated alkanes) is 1. The maximum absolute atomic E-state index is 13.0. The molecule has 170 valence electrons. The molecule has 2 aromatic carbocycles. The summed E-state index contributed by atoms with van der Waals surface area (Å²) in [6.45, 7) is 2.38. The summed E-state index contributed by atoms with van der Waals surface area (Å²) < 4.78 is 13.7. The van der Waals surface area contributed by atoms with Gasteiger partial charge in [-0.15, -0.1) is 0 Å². The first-order valence-electron chi connectivity index (χ1n) is 9.96. The molecule has 0 unspecified atom stereocenters. The first-order chi connectivity index (χ1) is 15.8. The molecule has 2 aliphatic rings. The zero-order chi connectivity index (χ0) is 23.9. The second-order valence-corrected chi connectivity index (χ2v) is 11.8. The number of halogens is 4. The molecule has 0 spiro atoms. The highest BCUT2D eigenvalue weighted by Gasteiger charge is 2.26. The molecule has 1 aliphatic heterocycles. The second kappa shape index (κ2) is 10.5. The molecule has 1 heterocycles. The Kier molecular flexibility index (Phi) is 8.10. The predicted octanol–water partition coefficient (Wildman–Crippen LogP) is 7.01. The van der Waals surface area contributed by atoms with E-state index >= 15 is 0 Å². The number of rotatable bonds is 5. The fourth-order valence-electron chi connectivity index (χ4n) is 3.54. The number of carbonyl (C=O) groups excluding carboxylic acids is 1. The second-order valence-electron chi connectivity index (χ2n) is 7.27. The van der Waals surface area contributed by atoms with Crippen molar-refractivity contribution in [3.63, 3.8) is 0 Å². The maximum Gasteiger partial charge on any atom is 0.338 e. The van der Waals surface area contributed by atoms with E-state index in [-0.39, 0.29) is 11.2 Å². The van der Waals surface area contributed by atoms with Crippen LogP contribution < -0.4 is 10.5 Å². The van der Waals surface area contributed by atoms with Crippen LogP contribution in [0.5, 0.6) is 5.75 Å². The topological polar surface area (TPSA) is 79.6 Å². The summed E-state index contributed by atoms with van der Waals surface area (Å²) in [5, 5.41) is 13.4. The third kappa shape index (κ3) is 4.75. The van der Waals surface area contributed by atoms with E-state index in [2.05, 4.69) is 0 Å². The molecule has 1 aliphatic carbocycles. The fourth-order valence-corrected chi connectivity index (χ4v) is 7.12. The van der Waals surface area contributed by atoms with Crippen molar-refractivity contribution in [2.45, 2.75) is 19.8 Å². The van der Waals surface area contributed by atoms with Crippen LogP contribution in [0.2, 0.25) is 0 Å². The number of hydrogen-bond acceptors (Lipinski definition) is 5. The molecule has 0 saturated carbocycles. The molecule has 0 N–H and O–H groups in total. The summed E-state index contributed by atoms with van der Waals surface area (Å²) in [4.78, 5) is 25.7. The summed E-state index contributed by atoms with van der Waals surface area (Å²) in [6, 6.07) is 10.8. The van der Waals surface area contributed by atoms with Gasteiger partial charge in [0.05, 0.1) is 15.7 Å². The van der Waals surface area contributed by atoms with Crippen molar-refractivity contribution in [1.29, 1.82) is 0 Å². The first kappa shape index (κ1) is 25.4. The van der Waals surface area contributed by atoms with Crippen LogP contribution in [0.4, 0.5) is 0 Å². The van der Waals surface area contributed by atoms with Crippen LogP contribution in [0.15, 0.2) is 45.6 Å². The van der Waals surface area contributed by atoms with Gasteiger partial charge < -0.3 is 14.3 Å².